The number of hydrogen-bond acceptors (Lipinski definition) is 1. The molecule has 0 bridgehead atoms. The molecular weight excluding hydrogens is 268 g/mol. The van der Waals surface area contributed by atoms with E-state index in [0.29, 0.717) is 5.56 Å². The molecule has 22 heavy (non-hydrogen) atoms. The highest BCUT2D eigenvalue weighted by atomic mass is 15.0. The van der Waals surface area contributed by atoms with Crippen molar-refractivity contribution >= 4 is 28.0 Å². The molecule has 0 aliphatic heterocycles. The SMILES string of the molecule is C=C/C=C\C(C)=C/n1c2ccccc2c2cc(C#N)ccc21. The normalized spacial score (nSPS) is 12.1. The number of aromatic nitrogens is 1. The van der Waals surface area contributed by atoms with Crippen LogP contribution in [-0.4, -0.2) is 4.57 Å². The number of nitrogens with zero attached hydrogens (tertiary/aromatic N) is 2. The largest absolute Gasteiger partial charge is 0.316 e. The second kappa shape index (κ2) is 5.75. The smallest absolute Gasteiger partial charge is 0.0991 e. The summed E-state index contributed by atoms with van der Waals surface area (Å²) in [5.74, 6) is 0. The maximum Gasteiger partial charge on any atom is 0.0991 e. The predicted octanol–water partition coefficient (Wildman–Crippen LogP) is 5.27. The summed E-state index contributed by atoms with van der Waals surface area (Å²) < 4.78 is 2.18. The Bertz CT molecular complexity index is 962. The molecule has 0 amide bonds. The summed E-state index contributed by atoms with van der Waals surface area (Å²) in [6.07, 6.45) is 7.82. The fourth-order valence-electron chi connectivity index (χ4n) is 2.68. The molecule has 2 aromatic carbocycles. The van der Waals surface area contributed by atoms with Crippen LogP contribution >= 0.6 is 0 Å². The van der Waals surface area contributed by atoms with E-state index >= 15 is 0 Å². The highest BCUT2D eigenvalue weighted by Gasteiger charge is 2.09. The van der Waals surface area contributed by atoms with Gasteiger partial charge in [0.15, 0.2) is 0 Å². The van der Waals surface area contributed by atoms with Gasteiger partial charge in [-0.1, -0.05) is 43.0 Å². The first kappa shape index (κ1) is 13.9. The maximum atomic E-state index is 9.13. The van der Waals surface area contributed by atoms with Crippen LogP contribution in [0.1, 0.15) is 12.5 Å². The van der Waals surface area contributed by atoms with Gasteiger partial charge in [-0.15, -0.1) is 0 Å². The molecule has 0 aliphatic rings. The van der Waals surface area contributed by atoms with Gasteiger partial charge in [0.2, 0.25) is 0 Å². The summed E-state index contributed by atoms with van der Waals surface area (Å²) in [6, 6.07) is 16.3. The van der Waals surface area contributed by atoms with Crippen molar-refractivity contribution in [3.63, 3.8) is 0 Å². The quantitative estimate of drug-likeness (QED) is 0.602. The van der Waals surface area contributed by atoms with E-state index in [-0.39, 0.29) is 0 Å². The van der Waals surface area contributed by atoms with E-state index in [1.54, 1.807) is 6.08 Å². The molecule has 0 unspecified atom stereocenters. The van der Waals surface area contributed by atoms with Crippen LogP contribution in [0.5, 0.6) is 0 Å². The Morgan fingerprint density at radius 2 is 1.91 bits per heavy atom. The molecule has 0 radical (unpaired) electrons. The van der Waals surface area contributed by atoms with Crippen molar-refractivity contribution in [3.8, 4) is 6.07 Å². The number of benzene rings is 2. The molecule has 1 aromatic heterocycles. The van der Waals surface area contributed by atoms with Crippen LogP contribution in [-0.2, 0) is 0 Å². The summed E-state index contributed by atoms with van der Waals surface area (Å²) in [5, 5.41) is 11.4. The lowest BCUT2D eigenvalue weighted by molar-refractivity contribution is 1.27. The molecule has 0 N–H and O–H groups in total. The molecule has 106 valence electrons. The van der Waals surface area contributed by atoms with Gasteiger partial charge in [0.05, 0.1) is 22.7 Å². The van der Waals surface area contributed by atoms with E-state index in [9.17, 15) is 0 Å². The van der Waals surface area contributed by atoms with Crippen LogP contribution in [0.25, 0.3) is 28.0 Å². The van der Waals surface area contributed by atoms with E-state index in [1.807, 2.05) is 42.5 Å². The third-order valence-electron chi connectivity index (χ3n) is 3.67. The van der Waals surface area contributed by atoms with E-state index in [2.05, 4.69) is 42.5 Å². The highest BCUT2D eigenvalue weighted by molar-refractivity contribution is 6.09. The van der Waals surface area contributed by atoms with Crippen molar-refractivity contribution < 1.29 is 0 Å². The third kappa shape index (κ3) is 2.34. The minimum atomic E-state index is 0.683. The van der Waals surface area contributed by atoms with Gasteiger partial charge >= 0.3 is 0 Å². The summed E-state index contributed by atoms with van der Waals surface area (Å²) >= 11 is 0. The number of rotatable bonds is 3. The van der Waals surface area contributed by atoms with Crippen molar-refractivity contribution in [3.05, 3.63) is 78.4 Å². The lowest BCUT2D eigenvalue weighted by Crippen LogP contribution is -1.87. The minimum absolute atomic E-state index is 0.683. The zero-order valence-electron chi connectivity index (χ0n) is 12.5. The van der Waals surface area contributed by atoms with Crippen LogP contribution in [0.4, 0.5) is 0 Å². The fraction of sp³-hybridized carbons (Fsp3) is 0.0500. The molecule has 2 nitrogen and oxygen atoms in total. The van der Waals surface area contributed by atoms with E-state index in [4.69, 9.17) is 5.26 Å². The van der Waals surface area contributed by atoms with Crippen molar-refractivity contribution in [2.24, 2.45) is 0 Å². The Balaban J connectivity index is 2.34. The molecule has 0 saturated heterocycles. The summed E-state index contributed by atoms with van der Waals surface area (Å²) in [7, 11) is 0. The number of fused-ring (bicyclic) bond motifs is 3. The topological polar surface area (TPSA) is 28.7 Å². The second-order valence-electron chi connectivity index (χ2n) is 5.20. The van der Waals surface area contributed by atoms with Gasteiger partial charge in [0, 0.05) is 17.0 Å². The minimum Gasteiger partial charge on any atom is -0.316 e. The maximum absolute atomic E-state index is 9.13. The van der Waals surface area contributed by atoms with Crippen LogP contribution in [0.2, 0.25) is 0 Å². The van der Waals surface area contributed by atoms with Gasteiger partial charge in [-0.05, 0) is 36.8 Å². The molecule has 3 aromatic rings. The zero-order chi connectivity index (χ0) is 15.5. The zero-order valence-corrected chi connectivity index (χ0v) is 12.5. The molecule has 1 heterocycles. The average Bonchev–Trinajstić information content (AvgIpc) is 2.86. The van der Waals surface area contributed by atoms with Gasteiger partial charge in [0.25, 0.3) is 0 Å². The number of allylic oxidation sites excluding steroid dienone is 4. The Morgan fingerprint density at radius 1 is 1.14 bits per heavy atom. The number of hydrogen-bond donors (Lipinski definition) is 0. The Hall–Kier alpha value is -3.05. The molecule has 0 spiro atoms. The summed E-state index contributed by atoms with van der Waals surface area (Å²) in [4.78, 5) is 0. The van der Waals surface area contributed by atoms with Gasteiger partial charge in [-0.2, -0.15) is 5.26 Å². The standard InChI is InChI=1S/C20H16N2/c1-3-4-7-15(2)14-22-19-9-6-5-8-17(19)18-12-16(13-21)10-11-20(18)22/h3-12,14H,1H2,2H3/b7-4-,15-14-. The van der Waals surface area contributed by atoms with Crippen molar-refractivity contribution in [1.29, 1.82) is 5.26 Å². The Labute approximate surface area is 129 Å². The number of para-hydroxylation sites is 1. The molecular formula is C20H16N2. The van der Waals surface area contributed by atoms with Crippen LogP contribution in [0, 0.1) is 11.3 Å². The second-order valence-corrected chi connectivity index (χ2v) is 5.20. The first-order chi connectivity index (χ1) is 10.7. The average molecular weight is 284 g/mol. The molecule has 0 aliphatic carbocycles. The summed E-state index contributed by atoms with van der Waals surface area (Å²) in [5.41, 5.74) is 4.06. The molecule has 0 atom stereocenters. The van der Waals surface area contributed by atoms with E-state index < -0.39 is 0 Å². The Kier molecular flexibility index (Phi) is 3.64. The van der Waals surface area contributed by atoms with Gasteiger partial charge in [-0.25, -0.2) is 0 Å². The predicted molar refractivity (Wildman–Crippen MR) is 93.4 cm³/mol. The molecule has 3 rings (SSSR count). The van der Waals surface area contributed by atoms with E-state index in [1.165, 1.54) is 0 Å². The van der Waals surface area contributed by atoms with Gasteiger partial charge < -0.3 is 4.57 Å². The van der Waals surface area contributed by atoms with E-state index in [0.717, 1.165) is 27.4 Å². The fourth-order valence-corrected chi connectivity index (χ4v) is 2.68. The molecule has 0 fully saturated rings. The lowest BCUT2D eigenvalue weighted by Gasteiger charge is -2.02. The monoisotopic (exact) mass is 284 g/mol. The number of nitriles is 1. The highest BCUT2D eigenvalue weighted by Crippen LogP contribution is 2.30. The molecule has 2 heteroatoms. The van der Waals surface area contributed by atoms with Crippen molar-refractivity contribution in [2.45, 2.75) is 6.92 Å². The summed E-state index contributed by atoms with van der Waals surface area (Å²) in [6.45, 7) is 5.76. The van der Waals surface area contributed by atoms with Gasteiger partial charge in [0.1, 0.15) is 0 Å². The first-order valence-corrected chi connectivity index (χ1v) is 7.15. The third-order valence-corrected chi connectivity index (χ3v) is 3.67. The van der Waals surface area contributed by atoms with Crippen LogP contribution in [0.3, 0.4) is 0 Å². The first-order valence-electron chi connectivity index (χ1n) is 7.15. The van der Waals surface area contributed by atoms with Crippen LogP contribution in [0.15, 0.2) is 72.8 Å². The lowest BCUT2D eigenvalue weighted by atomic mass is 10.1. The molecule has 0 saturated carbocycles. The Morgan fingerprint density at radius 3 is 2.68 bits per heavy atom. The van der Waals surface area contributed by atoms with Crippen molar-refractivity contribution in [1.82, 2.24) is 4.57 Å². The van der Waals surface area contributed by atoms with Crippen molar-refractivity contribution in [2.75, 3.05) is 0 Å². The van der Waals surface area contributed by atoms with Crippen LogP contribution < -0.4 is 0 Å². The van der Waals surface area contributed by atoms with Gasteiger partial charge in [-0.3, -0.25) is 0 Å².